The number of nitrogen functional groups attached to an aromatic ring is 2. The molecule has 8 nitrogen and oxygen atoms in total. The summed E-state index contributed by atoms with van der Waals surface area (Å²) < 4.78 is 1.71. The van der Waals surface area contributed by atoms with Gasteiger partial charge in [0, 0.05) is 30.4 Å². The molecule has 0 spiro atoms. The van der Waals surface area contributed by atoms with Crippen LogP contribution >= 0.6 is 0 Å². The minimum absolute atomic E-state index is 0.116. The van der Waals surface area contributed by atoms with Gasteiger partial charge >= 0.3 is 0 Å². The molecule has 1 saturated carbocycles. The molecule has 2 fully saturated rings. The lowest BCUT2D eigenvalue weighted by atomic mass is 10.1. The molecule has 1 aliphatic carbocycles. The van der Waals surface area contributed by atoms with Crippen LogP contribution < -0.4 is 16.4 Å². The number of rotatable bonds is 3. The second-order valence-electron chi connectivity index (χ2n) is 5.99. The van der Waals surface area contributed by atoms with Crippen molar-refractivity contribution in [2.45, 2.75) is 19.4 Å². The maximum atomic E-state index is 12.1. The molecule has 0 radical (unpaired) electrons. The van der Waals surface area contributed by atoms with E-state index in [0.717, 1.165) is 12.0 Å². The minimum Gasteiger partial charge on any atom is -0.396 e. The van der Waals surface area contributed by atoms with E-state index < -0.39 is 0 Å². The molecule has 4 rings (SSSR count). The number of hydrogen-bond donors (Lipinski definition) is 2. The van der Waals surface area contributed by atoms with E-state index in [9.17, 15) is 4.79 Å². The van der Waals surface area contributed by atoms with E-state index in [2.05, 4.69) is 15.1 Å². The number of aromatic nitrogens is 4. The van der Waals surface area contributed by atoms with Crippen LogP contribution in [-0.2, 0) is 4.79 Å². The van der Waals surface area contributed by atoms with E-state index in [1.54, 1.807) is 28.2 Å². The summed E-state index contributed by atoms with van der Waals surface area (Å²) in [6, 6.07) is -0.131. The van der Waals surface area contributed by atoms with Gasteiger partial charge in [0.25, 0.3) is 0 Å². The number of fused-ring (bicyclic) bond motifs is 1. The second-order valence-corrected chi connectivity index (χ2v) is 5.99. The number of piperidine rings is 1. The lowest BCUT2D eigenvalue weighted by molar-refractivity contribution is -0.118. The van der Waals surface area contributed by atoms with E-state index in [0.29, 0.717) is 29.9 Å². The van der Waals surface area contributed by atoms with Crippen molar-refractivity contribution in [2.24, 2.45) is 11.8 Å². The number of hydrogen-bond acceptors (Lipinski definition) is 6. The van der Waals surface area contributed by atoms with Crippen LogP contribution in [0.3, 0.4) is 0 Å². The van der Waals surface area contributed by atoms with Crippen molar-refractivity contribution in [2.75, 3.05) is 22.9 Å². The van der Waals surface area contributed by atoms with Crippen LogP contribution in [-0.4, -0.2) is 32.2 Å². The highest BCUT2D eigenvalue weighted by molar-refractivity contribution is 5.98. The first kappa shape index (κ1) is 13.1. The normalized spacial score (nSPS) is 24.4. The van der Waals surface area contributed by atoms with Crippen molar-refractivity contribution in [1.82, 2.24) is 19.7 Å². The Kier molecular flexibility index (Phi) is 2.63. The predicted molar refractivity (Wildman–Crippen MR) is 80.8 cm³/mol. The van der Waals surface area contributed by atoms with Gasteiger partial charge in [0.2, 0.25) is 11.9 Å². The number of carbonyl (C=O) groups is 1. The van der Waals surface area contributed by atoms with Crippen LogP contribution in [0.15, 0.2) is 18.6 Å². The second kappa shape index (κ2) is 4.43. The van der Waals surface area contributed by atoms with Crippen molar-refractivity contribution in [1.29, 1.82) is 0 Å². The van der Waals surface area contributed by atoms with Crippen LogP contribution in [0.4, 0.5) is 17.5 Å². The zero-order chi connectivity index (χ0) is 15.4. The maximum absolute atomic E-state index is 12.1. The summed E-state index contributed by atoms with van der Waals surface area (Å²) in [5.41, 5.74) is 13.1. The van der Waals surface area contributed by atoms with Crippen LogP contribution in [0.5, 0.6) is 0 Å². The fourth-order valence-corrected chi connectivity index (χ4v) is 3.01. The van der Waals surface area contributed by atoms with Gasteiger partial charge in [0.1, 0.15) is 5.82 Å². The van der Waals surface area contributed by atoms with Crippen molar-refractivity contribution < 1.29 is 4.79 Å². The van der Waals surface area contributed by atoms with E-state index >= 15 is 0 Å². The van der Waals surface area contributed by atoms with Gasteiger partial charge in [-0.2, -0.15) is 10.1 Å². The predicted octanol–water partition coefficient (Wildman–Crippen LogP) is 0.429. The number of amides is 1. The fourth-order valence-electron chi connectivity index (χ4n) is 3.01. The molecule has 2 aliphatic rings. The number of nitrogens with zero attached hydrogens (tertiary/aromatic N) is 5. The molecule has 2 aromatic heterocycles. The smallest absolute Gasteiger partial charge is 0.234 e. The largest absolute Gasteiger partial charge is 0.396 e. The molecule has 0 bridgehead atoms. The summed E-state index contributed by atoms with van der Waals surface area (Å²) in [5.74, 6) is 1.52. The average molecular weight is 299 g/mol. The van der Waals surface area contributed by atoms with Gasteiger partial charge in [-0.3, -0.25) is 14.4 Å². The maximum Gasteiger partial charge on any atom is 0.234 e. The fraction of sp³-hybridized carbons (Fsp3) is 0.429. The first-order chi connectivity index (χ1) is 10.5. The Morgan fingerprint density at radius 3 is 2.77 bits per heavy atom. The topological polar surface area (TPSA) is 116 Å². The molecular formula is C14H17N7O. The Labute approximate surface area is 127 Å². The highest BCUT2D eigenvalue weighted by atomic mass is 16.2. The zero-order valence-electron chi connectivity index (χ0n) is 12.2. The molecule has 1 unspecified atom stereocenters. The van der Waals surface area contributed by atoms with Gasteiger partial charge < -0.3 is 11.5 Å². The highest BCUT2D eigenvalue weighted by Gasteiger charge is 2.53. The summed E-state index contributed by atoms with van der Waals surface area (Å²) in [5, 5.41) is 4.18. The Morgan fingerprint density at radius 1 is 1.36 bits per heavy atom. The molecule has 4 N–H and O–H groups in total. The summed E-state index contributed by atoms with van der Waals surface area (Å²) in [7, 11) is 0. The summed E-state index contributed by atoms with van der Waals surface area (Å²) in [4.78, 5) is 22.3. The van der Waals surface area contributed by atoms with Crippen molar-refractivity contribution in [3.63, 3.8) is 0 Å². The quantitative estimate of drug-likeness (QED) is 0.849. The van der Waals surface area contributed by atoms with Gasteiger partial charge in [-0.25, -0.2) is 4.98 Å². The lowest BCUT2D eigenvalue weighted by Gasteiger charge is -2.19. The third kappa shape index (κ3) is 1.91. The number of anilines is 3. The lowest BCUT2D eigenvalue weighted by Crippen LogP contribution is -2.30. The molecule has 22 heavy (non-hydrogen) atoms. The molecule has 2 aromatic rings. The first-order valence-corrected chi connectivity index (χ1v) is 7.28. The summed E-state index contributed by atoms with van der Waals surface area (Å²) >= 11 is 0. The Balaban J connectivity index is 1.61. The minimum atomic E-state index is -0.131. The number of nitrogens with two attached hydrogens (primary N) is 2. The molecule has 114 valence electrons. The Bertz CT molecular complexity index is 755. The van der Waals surface area contributed by atoms with Gasteiger partial charge in [-0.1, -0.05) is 0 Å². The monoisotopic (exact) mass is 299 g/mol. The van der Waals surface area contributed by atoms with Crippen molar-refractivity contribution >= 4 is 23.4 Å². The zero-order valence-corrected chi connectivity index (χ0v) is 12.2. The molecule has 0 aromatic carbocycles. The van der Waals surface area contributed by atoms with Crippen LogP contribution in [0.2, 0.25) is 0 Å². The standard InChI is InChI=1S/C14H17N7O/c1-7(21-6-9(15)3-18-21)11-4-17-14(19-12(11)16)20-5-8-2-10(8)13(20)22/h3-4,6-8,10H,2,5,15H2,1H3,(H2,16,17,19)/t7?,8-,10-/m1/s1. The molecule has 3 heterocycles. The SMILES string of the molecule is CC(c1cnc(N2C[C@H]3C[C@H]3C2=O)nc1N)n1cc(N)cn1. The Hall–Kier alpha value is -2.64. The highest BCUT2D eigenvalue weighted by Crippen LogP contribution is 2.46. The summed E-state index contributed by atoms with van der Waals surface area (Å²) in [6.45, 7) is 2.64. The van der Waals surface area contributed by atoms with E-state index in [1.807, 2.05) is 6.92 Å². The Morgan fingerprint density at radius 2 is 2.18 bits per heavy atom. The van der Waals surface area contributed by atoms with Crippen molar-refractivity contribution in [3.8, 4) is 0 Å². The molecule has 8 heteroatoms. The third-order valence-corrected chi connectivity index (χ3v) is 4.47. The van der Waals surface area contributed by atoms with Gasteiger partial charge in [0.05, 0.1) is 17.9 Å². The number of carbonyl (C=O) groups excluding carboxylic acids is 1. The van der Waals surface area contributed by atoms with E-state index in [-0.39, 0.29) is 17.9 Å². The van der Waals surface area contributed by atoms with Gasteiger partial charge in [0.15, 0.2) is 0 Å². The van der Waals surface area contributed by atoms with Gasteiger partial charge in [-0.05, 0) is 19.3 Å². The average Bonchev–Trinajstić information content (AvgIpc) is 3.02. The molecule has 3 atom stereocenters. The van der Waals surface area contributed by atoms with E-state index in [1.165, 1.54) is 0 Å². The van der Waals surface area contributed by atoms with Gasteiger partial charge in [-0.15, -0.1) is 0 Å². The molecular weight excluding hydrogens is 282 g/mol. The summed E-state index contributed by atoms with van der Waals surface area (Å²) in [6.07, 6.45) is 5.98. The third-order valence-electron chi connectivity index (χ3n) is 4.47. The molecule has 1 saturated heterocycles. The van der Waals surface area contributed by atoms with Crippen molar-refractivity contribution in [3.05, 3.63) is 24.2 Å². The molecule has 1 amide bonds. The van der Waals surface area contributed by atoms with Crippen LogP contribution in [0.1, 0.15) is 24.9 Å². The first-order valence-electron chi connectivity index (χ1n) is 7.28. The van der Waals surface area contributed by atoms with Crippen LogP contribution in [0, 0.1) is 11.8 Å². The van der Waals surface area contributed by atoms with E-state index in [4.69, 9.17) is 11.5 Å². The molecule has 1 aliphatic heterocycles. The van der Waals surface area contributed by atoms with Crippen LogP contribution in [0.25, 0.3) is 0 Å².